The molecule has 0 aliphatic rings. The number of halogens is 1. The average molecular weight is 333 g/mol. The van der Waals surface area contributed by atoms with Crippen molar-refractivity contribution in [3.63, 3.8) is 0 Å². The summed E-state index contributed by atoms with van der Waals surface area (Å²) >= 11 is 5.79. The minimum absolute atomic E-state index is 0.131. The zero-order chi connectivity index (χ0) is 16.8. The zero-order valence-electron chi connectivity index (χ0n) is 13.9. The summed E-state index contributed by atoms with van der Waals surface area (Å²) in [5.74, 6) is 0.804. The summed E-state index contributed by atoms with van der Waals surface area (Å²) in [6.07, 6.45) is 2.56. The van der Waals surface area contributed by atoms with Gasteiger partial charge in [-0.3, -0.25) is 0 Å². The molecule has 0 saturated carbocycles. The molecule has 23 heavy (non-hydrogen) atoms. The topological polar surface area (TPSA) is 44.2 Å². The van der Waals surface area contributed by atoms with E-state index in [9.17, 15) is 0 Å². The molecule has 0 unspecified atom stereocenters. The molecule has 0 spiro atoms. The Labute approximate surface area is 142 Å². The van der Waals surface area contributed by atoms with Crippen LogP contribution in [0.5, 0.6) is 11.6 Å². The smallest absolute Gasteiger partial charge is 0.261 e. The Morgan fingerprint density at radius 1 is 1.17 bits per heavy atom. The van der Waals surface area contributed by atoms with Gasteiger partial charge in [-0.05, 0) is 48.6 Å². The molecule has 0 bridgehead atoms. The van der Waals surface area contributed by atoms with Gasteiger partial charge >= 0.3 is 0 Å². The quantitative estimate of drug-likeness (QED) is 0.704. The summed E-state index contributed by atoms with van der Waals surface area (Å²) in [6.45, 7) is 6.87. The van der Waals surface area contributed by atoms with Crippen LogP contribution in [0.3, 0.4) is 0 Å². The fraction of sp³-hybridized carbons (Fsp3) is 0.333. The first-order valence-electron chi connectivity index (χ1n) is 7.50. The Morgan fingerprint density at radius 3 is 2.48 bits per heavy atom. The van der Waals surface area contributed by atoms with E-state index in [1.165, 1.54) is 22.9 Å². The van der Waals surface area contributed by atoms with Crippen molar-refractivity contribution >= 4 is 17.2 Å². The van der Waals surface area contributed by atoms with Gasteiger partial charge in [-0.2, -0.15) is 4.98 Å². The third-order valence-electron chi connectivity index (χ3n) is 3.85. The molecule has 0 amide bonds. The largest absolute Gasteiger partial charge is 0.490 e. The number of hydrogen-bond donors (Lipinski definition) is 0. The van der Waals surface area contributed by atoms with Gasteiger partial charge in [0, 0.05) is 0 Å². The van der Waals surface area contributed by atoms with Gasteiger partial charge in [-0.15, -0.1) is 0 Å². The van der Waals surface area contributed by atoms with Crippen LogP contribution in [-0.2, 0) is 6.61 Å². The highest BCUT2D eigenvalue weighted by atomic mass is 35.5. The fourth-order valence-electron chi connectivity index (χ4n) is 2.09. The summed E-state index contributed by atoms with van der Waals surface area (Å²) in [5.41, 5.74) is 5.00. The van der Waals surface area contributed by atoms with Gasteiger partial charge in [0.25, 0.3) is 5.88 Å². The second kappa shape index (κ2) is 7.97. The highest BCUT2D eigenvalue weighted by molar-refractivity contribution is 6.28. The Morgan fingerprint density at radius 2 is 1.87 bits per heavy atom. The van der Waals surface area contributed by atoms with E-state index in [1.54, 1.807) is 7.11 Å². The molecule has 0 aliphatic heterocycles. The van der Waals surface area contributed by atoms with E-state index in [2.05, 4.69) is 55.0 Å². The van der Waals surface area contributed by atoms with Gasteiger partial charge < -0.3 is 9.47 Å². The van der Waals surface area contributed by atoms with E-state index in [-0.39, 0.29) is 5.28 Å². The van der Waals surface area contributed by atoms with Crippen LogP contribution in [0.1, 0.15) is 38.3 Å². The number of methoxy groups -OCH3 is 1. The van der Waals surface area contributed by atoms with Crippen LogP contribution < -0.4 is 9.47 Å². The Hall–Kier alpha value is -2.07. The summed E-state index contributed by atoms with van der Waals surface area (Å²) in [5, 5.41) is 0.131. The van der Waals surface area contributed by atoms with Crippen LogP contribution >= 0.6 is 11.6 Å². The van der Waals surface area contributed by atoms with Gasteiger partial charge in [-0.25, -0.2) is 4.98 Å². The number of nitrogens with zero attached hydrogens (tertiary/aromatic N) is 2. The number of benzene rings is 1. The van der Waals surface area contributed by atoms with Gasteiger partial charge in [0.15, 0.2) is 5.75 Å². The van der Waals surface area contributed by atoms with Gasteiger partial charge in [0.2, 0.25) is 5.28 Å². The number of rotatable bonds is 6. The molecule has 1 aromatic carbocycles. The highest BCUT2D eigenvalue weighted by Gasteiger charge is 2.08. The molecule has 1 heterocycles. The minimum Gasteiger partial charge on any atom is -0.490 e. The second-order valence-electron chi connectivity index (χ2n) is 5.26. The van der Waals surface area contributed by atoms with Crippen LogP contribution in [0.2, 0.25) is 5.28 Å². The van der Waals surface area contributed by atoms with Crippen molar-refractivity contribution < 1.29 is 9.47 Å². The molecular weight excluding hydrogens is 312 g/mol. The molecule has 122 valence electrons. The van der Waals surface area contributed by atoms with Gasteiger partial charge in [0.05, 0.1) is 13.3 Å². The van der Waals surface area contributed by atoms with E-state index in [0.717, 1.165) is 12.0 Å². The fourth-order valence-corrected chi connectivity index (χ4v) is 2.22. The van der Waals surface area contributed by atoms with Crippen molar-refractivity contribution in [2.24, 2.45) is 0 Å². The number of aromatic nitrogens is 2. The summed E-state index contributed by atoms with van der Waals surface area (Å²) < 4.78 is 10.9. The maximum absolute atomic E-state index is 5.79. The number of ether oxygens (including phenoxy) is 2. The van der Waals surface area contributed by atoms with Crippen LogP contribution in [0, 0.1) is 0 Å². The lowest BCUT2D eigenvalue weighted by Crippen LogP contribution is -2.01. The van der Waals surface area contributed by atoms with Gasteiger partial charge in [0.1, 0.15) is 6.61 Å². The zero-order valence-corrected chi connectivity index (χ0v) is 14.6. The van der Waals surface area contributed by atoms with Crippen molar-refractivity contribution in [3.8, 4) is 11.6 Å². The van der Waals surface area contributed by atoms with Crippen molar-refractivity contribution in [2.45, 2.75) is 33.8 Å². The summed E-state index contributed by atoms with van der Waals surface area (Å²) in [6, 6.07) is 8.32. The molecule has 0 N–H and O–H groups in total. The maximum atomic E-state index is 5.79. The Kier molecular flexibility index (Phi) is 5.99. The third-order valence-corrected chi connectivity index (χ3v) is 4.03. The van der Waals surface area contributed by atoms with Crippen molar-refractivity contribution in [3.05, 3.63) is 52.4 Å². The number of hydrogen-bond acceptors (Lipinski definition) is 4. The molecule has 4 nitrogen and oxygen atoms in total. The molecule has 1 aromatic heterocycles. The maximum Gasteiger partial charge on any atom is 0.261 e. The highest BCUT2D eigenvalue weighted by Crippen LogP contribution is 2.26. The lowest BCUT2D eigenvalue weighted by molar-refractivity contribution is 0.271. The van der Waals surface area contributed by atoms with E-state index >= 15 is 0 Å². The molecular formula is C18H21ClN2O2. The molecule has 0 radical (unpaired) electrons. The molecule has 0 fully saturated rings. The molecule has 0 aliphatic carbocycles. The minimum atomic E-state index is 0.131. The first-order valence-corrected chi connectivity index (χ1v) is 7.88. The predicted molar refractivity (Wildman–Crippen MR) is 92.9 cm³/mol. The van der Waals surface area contributed by atoms with Crippen molar-refractivity contribution in [1.29, 1.82) is 0 Å². The monoisotopic (exact) mass is 332 g/mol. The standard InChI is InChI=1S/C18H21ClN2O2/c1-5-12(2)13(3)15-8-6-14(7-9-15)11-23-17-16(22-4)10-20-18(19)21-17/h6-10H,5,11H2,1-4H3. The summed E-state index contributed by atoms with van der Waals surface area (Å²) in [4.78, 5) is 7.90. The normalized spacial score (nSPS) is 11.9. The van der Waals surface area contributed by atoms with Crippen LogP contribution in [-0.4, -0.2) is 17.1 Å². The third kappa shape index (κ3) is 4.45. The lowest BCUT2D eigenvalue weighted by atomic mass is 10.00. The van der Waals surface area contributed by atoms with Gasteiger partial charge in [-0.1, -0.05) is 36.8 Å². The van der Waals surface area contributed by atoms with E-state index in [4.69, 9.17) is 21.1 Å². The average Bonchev–Trinajstić information content (AvgIpc) is 2.59. The molecule has 0 saturated heterocycles. The van der Waals surface area contributed by atoms with Crippen molar-refractivity contribution in [2.75, 3.05) is 7.11 Å². The molecule has 5 heteroatoms. The Balaban J connectivity index is 2.09. The van der Waals surface area contributed by atoms with Crippen LogP contribution in [0.4, 0.5) is 0 Å². The first kappa shape index (κ1) is 17.3. The lowest BCUT2D eigenvalue weighted by Gasteiger charge is -2.10. The SMILES string of the molecule is CCC(C)=C(C)c1ccc(COc2nc(Cl)ncc2OC)cc1. The number of allylic oxidation sites excluding steroid dienone is 2. The van der Waals surface area contributed by atoms with Crippen molar-refractivity contribution in [1.82, 2.24) is 9.97 Å². The first-order chi connectivity index (χ1) is 11.0. The Bertz CT molecular complexity index is 697. The van der Waals surface area contributed by atoms with Crippen LogP contribution in [0.25, 0.3) is 5.57 Å². The molecule has 2 aromatic rings. The summed E-state index contributed by atoms with van der Waals surface area (Å²) in [7, 11) is 1.54. The van der Waals surface area contributed by atoms with E-state index < -0.39 is 0 Å². The van der Waals surface area contributed by atoms with Crippen LogP contribution in [0.15, 0.2) is 36.0 Å². The predicted octanol–water partition coefficient (Wildman–Crippen LogP) is 4.92. The molecule has 0 atom stereocenters. The van der Waals surface area contributed by atoms with E-state index in [1.807, 2.05) is 0 Å². The van der Waals surface area contributed by atoms with E-state index in [0.29, 0.717) is 18.2 Å². The second-order valence-corrected chi connectivity index (χ2v) is 5.60. The molecule has 2 rings (SSSR count).